The number of rotatable bonds is 6. The second-order valence-electron chi connectivity index (χ2n) is 10.9. The summed E-state index contributed by atoms with van der Waals surface area (Å²) in [7, 11) is 1.47. The highest BCUT2D eigenvalue weighted by Gasteiger charge is 2.44. The van der Waals surface area contributed by atoms with Crippen LogP contribution < -0.4 is 0 Å². The second kappa shape index (κ2) is 9.00. The molecule has 0 amide bonds. The fourth-order valence-electron chi connectivity index (χ4n) is 6.02. The minimum Gasteiger partial charge on any atom is -0.479 e. The largest absolute Gasteiger partial charge is 0.479 e. The molecule has 0 spiro atoms. The minimum absolute atomic E-state index is 0.0706. The summed E-state index contributed by atoms with van der Waals surface area (Å²) < 4.78 is 22.0. The number of hydrogen-bond donors (Lipinski definition) is 2. The van der Waals surface area contributed by atoms with Crippen molar-refractivity contribution in [3.8, 4) is 11.8 Å². The molecule has 7 nitrogen and oxygen atoms in total. The third-order valence-corrected chi connectivity index (χ3v) is 8.11. The Hall–Kier alpha value is -3.70. The van der Waals surface area contributed by atoms with Crippen molar-refractivity contribution in [3.63, 3.8) is 0 Å². The van der Waals surface area contributed by atoms with Gasteiger partial charge in [-0.3, -0.25) is 5.10 Å². The lowest BCUT2D eigenvalue weighted by molar-refractivity contribution is -0.166. The first-order valence-electron chi connectivity index (χ1n) is 12.6. The number of nitriles is 1. The van der Waals surface area contributed by atoms with Gasteiger partial charge in [0.05, 0.1) is 23.3 Å². The Morgan fingerprint density at radius 1 is 1.32 bits per heavy atom. The quantitative estimate of drug-likeness (QED) is 0.323. The third kappa shape index (κ3) is 3.98. The van der Waals surface area contributed by atoms with E-state index in [1.165, 1.54) is 13.2 Å². The van der Waals surface area contributed by atoms with Gasteiger partial charge in [-0.25, -0.2) is 9.18 Å². The highest BCUT2D eigenvalue weighted by atomic mass is 19.1. The number of methoxy groups -OCH3 is 1. The Bertz CT molecular complexity index is 1550. The monoisotopic (exact) mass is 502 g/mol. The summed E-state index contributed by atoms with van der Waals surface area (Å²) in [5.74, 6) is -1.13. The van der Waals surface area contributed by atoms with E-state index in [0.29, 0.717) is 37.7 Å². The molecule has 0 saturated heterocycles. The number of benzene rings is 2. The predicted molar refractivity (Wildman–Crippen MR) is 139 cm³/mol. The molecule has 1 aliphatic rings. The van der Waals surface area contributed by atoms with Crippen molar-refractivity contribution in [1.29, 1.82) is 5.26 Å². The van der Waals surface area contributed by atoms with Crippen LogP contribution in [0.4, 0.5) is 4.39 Å². The Morgan fingerprint density at radius 3 is 2.68 bits per heavy atom. The van der Waals surface area contributed by atoms with E-state index >= 15 is 0 Å². The number of nitrogens with zero attached hydrogens (tertiary/aromatic N) is 3. The zero-order chi connectivity index (χ0) is 26.5. The van der Waals surface area contributed by atoms with Crippen molar-refractivity contribution in [1.82, 2.24) is 14.8 Å². The summed E-state index contributed by atoms with van der Waals surface area (Å²) in [6.07, 6.45) is 4.14. The predicted octanol–water partition coefficient (Wildman–Crippen LogP) is 6.27. The van der Waals surface area contributed by atoms with Gasteiger partial charge in [-0.05, 0) is 80.0 Å². The molecule has 1 aliphatic carbocycles. The number of halogens is 1. The summed E-state index contributed by atoms with van der Waals surface area (Å²) >= 11 is 0. The van der Waals surface area contributed by atoms with Gasteiger partial charge in [0, 0.05) is 41.1 Å². The fraction of sp³-hybridized carbons (Fsp3) is 0.414. The summed E-state index contributed by atoms with van der Waals surface area (Å²) in [6, 6.07) is 11.6. The van der Waals surface area contributed by atoms with Gasteiger partial charge < -0.3 is 14.4 Å². The molecule has 2 N–H and O–H groups in total. The van der Waals surface area contributed by atoms with E-state index in [1.807, 2.05) is 6.07 Å². The third-order valence-electron chi connectivity index (χ3n) is 8.11. The molecule has 0 unspecified atom stereocenters. The van der Waals surface area contributed by atoms with Crippen LogP contribution >= 0.6 is 0 Å². The Morgan fingerprint density at radius 2 is 2.05 bits per heavy atom. The minimum atomic E-state index is -1.18. The van der Waals surface area contributed by atoms with E-state index < -0.39 is 17.0 Å². The van der Waals surface area contributed by atoms with Crippen LogP contribution in [0.2, 0.25) is 0 Å². The van der Waals surface area contributed by atoms with Gasteiger partial charge in [0.1, 0.15) is 5.82 Å². The molecular weight excluding hydrogens is 471 g/mol. The van der Waals surface area contributed by atoms with Crippen LogP contribution in [0.15, 0.2) is 36.5 Å². The molecule has 2 aromatic heterocycles. The Balaban J connectivity index is 1.82. The van der Waals surface area contributed by atoms with Crippen molar-refractivity contribution in [2.45, 2.75) is 69.8 Å². The van der Waals surface area contributed by atoms with Crippen LogP contribution in [0.5, 0.6) is 0 Å². The van der Waals surface area contributed by atoms with Crippen LogP contribution in [0, 0.1) is 24.1 Å². The standard InChI is InChI=1S/C29H31FN4O3/c1-17-13-20(5-6-22(17)30)34-24-14-19-16-32-33-23(19)15-21(24)25(26(34)28(2,3)11-12-31)18-7-9-29(37-4,10-8-18)27(35)36/h5-6,13-16,18H,7-11H2,1-4H3,(H,32,33)(H,35,36). The molecule has 0 bridgehead atoms. The molecule has 0 radical (unpaired) electrons. The lowest BCUT2D eigenvalue weighted by Gasteiger charge is -2.37. The summed E-state index contributed by atoms with van der Waals surface area (Å²) in [6.45, 7) is 5.87. The average Bonchev–Trinajstić information content (AvgIpc) is 3.46. The maximum absolute atomic E-state index is 14.3. The fourth-order valence-corrected chi connectivity index (χ4v) is 6.02. The lowest BCUT2D eigenvalue weighted by Crippen LogP contribution is -2.43. The molecule has 4 aromatic rings. The van der Waals surface area contributed by atoms with E-state index in [9.17, 15) is 19.6 Å². The number of aryl methyl sites for hydroxylation is 1. The van der Waals surface area contributed by atoms with Crippen LogP contribution in [0.25, 0.3) is 27.5 Å². The van der Waals surface area contributed by atoms with Crippen LogP contribution in [0.1, 0.15) is 68.7 Å². The normalized spacial score (nSPS) is 20.4. The van der Waals surface area contributed by atoms with Gasteiger partial charge in [0.25, 0.3) is 0 Å². The highest BCUT2D eigenvalue weighted by Crippen LogP contribution is 2.49. The van der Waals surface area contributed by atoms with E-state index in [-0.39, 0.29) is 11.7 Å². The van der Waals surface area contributed by atoms with Crippen molar-refractivity contribution < 1.29 is 19.0 Å². The first-order valence-corrected chi connectivity index (χ1v) is 12.6. The van der Waals surface area contributed by atoms with Crippen LogP contribution in [-0.2, 0) is 14.9 Å². The number of aliphatic carboxylic acids is 1. The number of aromatic amines is 1. The first-order chi connectivity index (χ1) is 17.6. The molecule has 0 atom stereocenters. The van der Waals surface area contributed by atoms with Gasteiger partial charge in [-0.1, -0.05) is 13.8 Å². The zero-order valence-corrected chi connectivity index (χ0v) is 21.6. The van der Waals surface area contributed by atoms with Crippen molar-refractivity contribution in [2.75, 3.05) is 7.11 Å². The number of aromatic nitrogens is 3. The van der Waals surface area contributed by atoms with Gasteiger partial charge in [-0.15, -0.1) is 0 Å². The van der Waals surface area contributed by atoms with Gasteiger partial charge in [0.2, 0.25) is 0 Å². The lowest BCUT2D eigenvalue weighted by atomic mass is 9.72. The number of nitrogens with one attached hydrogen (secondary N) is 1. The molecule has 1 fully saturated rings. The maximum atomic E-state index is 14.3. The number of ether oxygens (including phenoxy) is 1. The maximum Gasteiger partial charge on any atom is 0.335 e. The Kier molecular flexibility index (Phi) is 6.07. The van der Waals surface area contributed by atoms with Crippen molar-refractivity contribution >= 4 is 27.8 Å². The number of carboxylic acids is 1. The molecule has 1 saturated carbocycles. The van der Waals surface area contributed by atoms with E-state index in [2.05, 4.69) is 46.8 Å². The van der Waals surface area contributed by atoms with E-state index in [0.717, 1.165) is 38.8 Å². The van der Waals surface area contributed by atoms with Gasteiger partial charge in [0.15, 0.2) is 5.60 Å². The number of carbonyl (C=O) groups is 1. The molecular formula is C29H31FN4O3. The molecule has 5 rings (SSSR count). The number of hydrogen-bond acceptors (Lipinski definition) is 4. The first kappa shape index (κ1) is 25.0. The van der Waals surface area contributed by atoms with Crippen LogP contribution in [-0.4, -0.2) is 38.6 Å². The van der Waals surface area contributed by atoms with E-state index in [4.69, 9.17) is 4.74 Å². The average molecular weight is 503 g/mol. The topological polar surface area (TPSA) is 104 Å². The zero-order valence-electron chi connectivity index (χ0n) is 21.6. The van der Waals surface area contributed by atoms with Gasteiger partial charge >= 0.3 is 5.97 Å². The molecule has 8 heteroatoms. The number of carboxylic acid groups (broad SMARTS) is 1. The van der Waals surface area contributed by atoms with Crippen molar-refractivity contribution in [3.05, 3.63) is 59.2 Å². The molecule has 37 heavy (non-hydrogen) atoms. The summed E-state index contributed by atoms with van der Waals surface area (Å²) in [4.78, 5) is 12.0. The smallest absolute Gasteiger partial charge is 0.335 e. The summed E-state index contributed by atoms with van der Waals surface area (Å²) in [5.41, 5.74) is 3.63. The SMILES string of the molecule is COC1(C(=O)O)CCC(c2c(C(C)(C)CC#N)n(-c3ccc(F)c(C)c3)c3cc4cn[nH]c4cc23)CC1. The van der Waals surface area contributed by atoms with Crippen molar-refractivity contribution in [2.24, 2.45) is 0 Å². The molecule has 2 heterocycles. The second-order valence-corrected chi connectivity index (χ2v) is 10.9. The molecule has 2 aromatic carbocycles. The number of H-pyrrole nitrogens is 1. The van der Waals surface area contributed by atoms with E-state index in [1.54, 1.807) is 19.2 Å². The van der Waals surface area contributed by atoms with Crippen LogP contribution in [0.3, 0.4) is 0 Å². The number of fused-ring (bicyclic) bond motifs is 2. The molecule has 192 valence electrons. The van der Waals surface area contributed by atoms with Gasteiger partial charge in [-0.2, -0.15) is 10.4 Å². The highest BCUT2D eigenvalue weighted by molar-refractivity contribution is 5.99. The Labute approximate surface area is 214 Å². The molecule has 0 aliphatic heterocycles. The summed E-state index contributed by atoms with van der Waals surface area (Å²) in [5, 5.41) is 28.9.